The minimum atomic E-state index is -0.455. The highest BCUT2D eigenvalue weighted by Crippen LogP contribution is 2.06. The Hall–Kier alpha value is -1.55. The molecule has 1 aromatic carbocycles. The summed E-state index contributed by atoms with van der Waals surface area (Å²) < 4.78 is 5.22. The van der Waals surface area contributed by atoms with Gasteiger partial charge < -0.3 is 15.4 Å². The largest absolute Gasteiger partial charge is 0.444 e. The normalized spacial score (nSPS) is 12.8. The predicted octanol–water partition coefficient (Wildman–Crippen LogP) is 3.08. The zero-order valence-electron chi connectivity index (χ0n) is 12.9. The van der Waals surface area contributed by atoms with Crippen molar-refractivity contribution in [1.29, 1.82) is 0 Å². The molecule has 2 N–H and O–H groups in total. The smallest absolute Gasteiger partial charge is 0.407 e. The number of hydrogen-bond donors (Lipinski definition) is 2. The molecule has 0 bridgehead atoms. The summed E-state index contributed by atoms with van der Waals surface area (Å²) in [6, 6.07) is 10.5. The summed E-state index contributed by atoms with van der Waals surface area (Å²) in [5.41, 5.74) is 0.784. The Kier molecular flexibility index (Phi) is 6.52. The summed E-state index contributed by atoms with van der Waals surface area (Å²) in [7, 11) is 0. The van der Waals surface area contributed by atoms with Gasteiger partial charge in [-0.15, -0.1) is 0 Å². The van der Waals surface area contributed by atoms with Crippen LogP contribution in [0.2, 0.25) is 0 Å². The summed E-state index contributed by atoms with van der Waals surface area (Å²) in [6.07, 6.45) is 0.584. The van der Waals surface area contributed by atoms with E-state index in [-0.39, 0.29) is 12.1 Å². The molecule has 0 fully saturated rings. The van der Waals surface area contributed by atoms with E-state index < -0.39 is 5.60 Å². The average Bonchev–Trinajstić information content (AvgIpc) is 2.38. The highest BCUT2D eigenvalue weighted by atomic mass is 16.6. The minimum Gasteiger partial charge on any atom is -0.444 e. The number of hydrogen-bond acceptors (Lipinski definition) is 3. The summed E-state index contributed by atoms with van der Waals surface area (Å²) in [5, 5.41) is 6.24. The van der Waals surface area contributed by atoms with Crippen LogP contribution in [0.25, 0.3) is 0 Å². The lowest BCUT2D eigenvalue weighted by atomic mass is 10.2. The molecular weight excluding hydrogens is 252 g/mol. The van der Waals surface area contributed by atoms with Gasteiger partial charge in [0.2, 0.25) is 0 Å². The minimum absolute atomic E-state index is 0.239. The van der Waals surface area contributed by atoms with Crippen molar-refractivity contribution in [3.63, 3.8) is 0 Å². The molecule has 1 unspecified atom stereocenters. The van der Waals surface area contributed by atoms with Gasteiger partial charge in [-0.1, -0.05) is 37.3 Å². The van der Waals surface area contributed by atoms with Crippen molar-refractivity contribution in [2.24, 2.45) is 0 Å². The first-order chi connectivity index (χ1) is 9.40. The number of carbonyl (C=O) groups is 1. The van der Waals surface area contributed by atoms with Crippen molar-refractivity contribution < 1.29 is 9.53 Å². The maximum absolute atomic E-state index is 11.6. The fourth-order valence-electron chi connectivity index (χ4n) is 1.74. The summed E-state index contributed by atoms with van der Waals surface area (Å²) >= 11 is 0. The van der Waals surface area contributed by atoms with Crippen molar-refractivity contribution >= 4 is 6.09 Å². The number of rotatable bonds is 6. The Balaban J connectivity index is 2.31. The average molecular weight is 278 g/mol. The first-order valence-electron chi connectivity index (χ1n) is 7.15. The second-order valence-corrected chi connectivity index (χ2v) is 5.85. The highest BCUT2D eigenvalue weighted by molar-refractivity contribution is 5.67. The van der Waals surface area contributed by atoms with E-state index in [4.69, 9.17) is 4.74 Å². The molecule has 0 aromatic heterocycles. The molecule has 1 rings (SSSR count). The number of carbonyl (C=O) groups excluding carboxylic acids is 1. The van der Waals surface area contributed by atoms with Crippen LogP contribution in [0.1, 0.15) is 39.7 Å². The van der Waals surface area contributed by atoms with Crippen LogP contribution >= 0.6 is 0 Å². The maximum atomic E-state index is 11.6. The van der Waals surface area contributed by atoms with Gasteiger partial charge >= 0.3 is 6.09 Å². The maximum Gasteiger partial charge on any atom is 0.407 e. The van der Waals surface area contributed by atoms with Gasteiger partial charge in [0.15, 0.2) is 0 Å². The molecule has 0 aliphatic rings. The molecular formula is C16H26N2O2. The van der Waals surface area contributed by atoms with Crippen LogP contribution < -0.4 is 10.6 Å². The molecule has 0 heterocycles. The molecule has 4 nitrogen and oxygen atoms in total. The van der Waals surface area contributed by atoms with E-state index in [1.54, 1.807) is 0 Å². The Morgan fingerprint density at radius 2 is 1.90 bits per heavy atom. The van der Waals surface area contributed by atoms with Crippen LogP contribution in [0.4, 0.5) is 4.79 Å². The van der Waals surface area contributed by atoms with Gasteiger partial charge in [0.1, 0.15) is 5.60 Å². The van der Waals surface area contributed by atoms with Gasteiger partial charge in [-0.3, -0.25) is 0 Å². The standard InChI is InChI=1S/C16H26N2O2/c1-5-14(12-18-15(19)20-16(2,3)4)17-11-13-9-7-6-8-10-13/h6-10,14,17H,5,11-12H2,1-4H3,(H,18,19). The third-order valence-corrected chi connectivity index (χ3v) is 2.82. The van der Waals surface area contributed by atoms with E-state index in [0.29, 0.717) is 6.54 Å². The number of nitrogens with one attached hydrogen (secondary N) is 2. The lowest BCUT2D eigenvalue weighted by Crippen LogP contribution is -2.42. The first kappa shape index (κ1) is 16.5. The van der Waals surface area contributed by atoms with Gasteiger partial charge in [0.05, 0.1) is 0 Å². The van der Waals surface area contributed by atoms with E-state index in [9.17, 15) is 4.79 Å². The molecule has 1 aromatic rings. The zero-order chi connectivity index (χ0) is 15.0. The Bertz CT molecular complexity index is 399. The van der Waals surface area contributed by atoms with Crippen molar-refractivity contribution in [3.8, 4) is 0 Å². The molecule has 1 atom stereocenters. The number of ether oxygens (including phenoxy) is 1. The fraction of sp³-hybridized carbons (Fsp3) is 0.562. The van der Waals surface area contributed by atoms with Crippen molar-refractivity contribution in [3.05, 3.63) is 35.9 Å². The quantitative estimate of drug-likeness (QED) is 0.840. The highest BCUT2D eigenvalue weighted by Gasteiger charge is 2.16. The third kappa shape index (κ3) is 7.14. The summed E-state index contributed by atoms with van der Waals surface area (Å²) in [4.78, 5) is 11.6. The van der Waals surface area contributed by atoms with Gasteiger partial charge in [-0.05, 0) is 32.8 Å². The molecule has 0 radical (unpaired) electrons. The number of alkyl carbamates (subject to hydrolysis) is 1. The van der Waals surface area contributed by atoms with Crippen LogP contribution in [0.15, 0.2) is 30.3 Å². The van der Waals surface area contributed by atoms with E-state index in [2.05, 4.69) is 29.7 Å². The number of benzene rings is 1. The molecule has 4 heteroatoms. The lowest BCUT2D eigenvalue weighted by Gasteiger charge is -2.22. The Labute approximate surface area is 121 Å². The van der Waals surface area contributed by atoms with Crippen molar-refractivity contribution in [1.82, 2.24) is 10.6 Å². The van der Waals surface area contributed by atoms with E-state index in [1.165, 1.54) is 5.56 Å². The molecule has 112 valence electrons. The summed E-state index contributed by atoms with van der Waals surface area (Å²) in [6.45, 7) is 9.04. The molecule has 0 aliphatic heterocycles. The van der Waals surface area contributed by atoms with Gasteiger partial charge in [0, 0.05) is 19.1 Å². The first-order valence-corrected chi connectivity index (χ1v) is 7.15. The lowest BCUT2D eigenvalue weighted by molar-refractivity contribution is 0.0522. The van der Waals surface area contributed by atoms with Crippen molar-refractivity contribution in [2.75, 3.05) is 6.54 Å². The molecule has 0 saturated heterocycles. The van der Waals surface area contributed by atoms with Gasteiger partial charge in [-0.25, -0.2) is 4.79 Å². The predicted molar refractivity (Wildman–Crippen MR) is 81.6 cm³/mol. The summed E-state index contributed by atoms with van der Waals surface area (Å²) in [5.74, 6) is 0. The Morgan fingerprint density at radius 3 is 2.45 bits per heavy atom. The molecule has 20 heavy (non-hydrogen) atoms. The molecule has 0 saturated carbocycles. The molecule has 0 spiro atoms. The monoisotopic (exact) mass is 278 g/mol. The van der Waals surface area contributed by atoms with Crippen LogP contribution in [0.3, 0.4) is 0 Å². The SMILES string of the molecule is CCC(CNC(=O)OC(C)(C)C)NCc1ccccc1. The fourth-order valence-corrected chi connectivity index (χ4v) is 1.74. The topological polar surface area (TPSA) is 50.4 Å². The van der Waals surface area contributed by atoms with Crippen LogP contribution in [-0.4, -0.2) is 24.3 Å². The number of amides is 1. The van der Waals surface area contributed by atoms with Gasteiger partial charge in [-0.2, -0.15) is 0 Å². The van der Waals surface area contributed by atoms with E-state index in [1.807, 2.05) is 39.0 Å². The van der Waals surface area contributed by atoms with Crippen LogP contribution in [0, 0.1) is 0 Å². The van der Waals surface area contributed by atoms with Gasteiger partial charge in [0.25, 0.3) is 0 Å². The second kappa shape index (κ2) is 7.90. The van der Waals surface area contributed by atoms with E-state index in [0.717, 1.165) is 13.0 Å². The second-order valence-electron chi connectivity index (χ2n) is 5.85. The van der Waals surface area contributed by atoms with Crippen molar-refractivity contribution in [2.45, 2.75) is 52.3 Å². The third-order valence-electron chi connectivity index (χ3n) is 2.82. The van der Waals surface area contributed by atoms with E-state index >= 15 is 0 Å². The van der Waals surface area contributed by atoms with Crippen LogP contribution in [0.5, 0.6) is 0 Å². The molecule has 0 aliphatic carbocycles. The molecule has 1 amide bonds. The zero-order valence-corrected chi connectivity index (χ0v) is 12.9. The Morgan fingerprint density at radius 1 is 1.25 bits per heavy atom. The van der Waals surface area contributed by atoms with Crippen LogP contribution in [-0.2, 0) is 11.3 Å².